The van der Waals surface area contributed by atoms with Crippen molar-refractivity contribution in [2.75, 3.05) is 5.32 Å². The predicted octanol–water partition coefficient (Wildman–Crippen LogP) is 2.85. The van der Waals surface area contributed by atoms with Crippen molar-refractivity contribution >= 4 is 27.5 Å². The van der Waals surface area contributed by atoms with Crippen LogP contribution in [0.25, 0.3) is 0 Å². The van der Waals surface area contributed by atoms with Gasteiger partial charge in [0.1, 0.15) is 0 Å². The fourth-order valence-electron chi connectivity index (χ4n) is 1.10. The van der Waals surface area contributed by atoms with Crippen LogP contribution >= 0.6 is 15.9 Å². The molecule has 0 aliphatic rings. The summed E-state index contributed by atoms with van der Waals surface area (Å²) in [4.78, 5) is 10.8. The standard InChI is InChI=1S/C10H12BrNO/c1-7-3-4-10(12-8(2)13)5-9(7)6-11/h3-5H,6H2,1-2H3,(H,12,13). The molecule has 1 aromatic carbocycles. The first-order valence-electron chi connectivity index (χ1n) is 4.06. The van der Waals surface area contributed by atoms with Gasteiger partial charge in [0, 0.05) is 17.9 Å². The lowest BCUT2D eigenvalue weighted by Crippen LogP contribution is -2.06. The molecule has 0 aromatic heterocycles. The molecule has 1 N–H and O–H groups in total. The molecular weight excluding hydrogens is 230 g/mol. The van der Waals surface area contributed by atoms with Crippen LogP contribution in [0.2, 0.25) is 0 Å². The van der Waals surface area contributed by atoms with Gasteiger partial charge in [0.05, 0.1) is 0 Å². The van der Waals surface area contributed by atoms with Gasteiger partial charge < -0.3 is 5.32 Å². The number of anilines is 1. The number of amides is 1. The van der Waals surface area contributed by atoms with E-state index >= 15 is 0 Å². The summed E-state index contributed by atoms with van der Waals surface area (Å²) in [5.74, 6) is -0.0376. The maximum Gasteiger partial charge on any atom is 0.221 e. The van der Waals surface area contributed by atoms with E-state index in [1.807, 2.05) is 25.1 Å². The van der Waals surface area contributed by atoms with Crippen LogP contribution in [0.1, 0.15) is 18.1 Å². The molecule has 70 valence electrons. The average Bonchev–Trinajstić information content (AvgIpc) is 2.07. The van der Waals surface area contributed by atoms with Crippen molar-refractivity contribution in [2.45, 2.75) is 19.2 Å². The first-order valence-corrected chi connectivity index (χ1v) is 5.18. The van der Waals surface area contributed by atoms with Crippen LogP contribution in [0.5, 0.6) is 0 Å². The molecule has 0 bridgehead atoms. The van der Waals surface area contributed by atoms with Gasteiger partial charge in [-0.1, -0.05) is 22.0 Å². The molecule has 0 spiro atoms. The quantitative estimate of drug-likeness (QED) is 0.794. The Labute approximate surface area is 86.5 Å². The molecule has 0 saturated heterocycles. The second-order valence-corrected chi connectivity index (χ2v) is 3.52. The van der Waals surface area contributed by atoms with E-state index in [4.69, 9.17) is 0 Å². The molecule has 0 saturated carbocycles. The first kappa shape index (κ1) is 10.3. The Morgan fingerprint density at radius 3 is 2.77 bits per heavy atom. The number of alkyl halides is 1. The van der Waals surface area contributed by atoms with Crippen LogP contribution in [0.15, 0.2) is 18.2 Å². The lowest BCUT2D eigenvalue weighted by Gasteiger charge is -2.06. The molecular formula is C10H12BrNO. The highest BCUT2D eigenvalue weighted by molar-refractivity contribution is 9.08. The average molecular weight is 242 g/mol. The third-order valence-corrected chi connectivity index (χ3v) is 2.42. The van der Waals surface area contributed by atoms with Gasteiger partial charge >= 0.3 is 0 Å². The molecule has 2 nitrogen and oxygen atoms in total. The molecule has 0 fully saturated rings. The Bertz CT molecular complexity index is 323. The van der Waals surface area contributed by atoms with E-state index in [0.29, 0.717) is 0 Å². The highest BCUT2D eigenvalue weighted by Gasteiger charge is 1.99. The van der Waals surface area contributed by atoms with Gasteiger partial charge in [-0.25, -0.2) is 0 Å². The Morgan fingerprint density at radius 2 is 2.23 bits per heavy atom. The predicted molar refractivity (Wildman–Crippen MR) is 58.1 cm³/mol. The molecule has 13 heavy (non-hydrogen) atoms. The van der Waals surface area contributed by atoms with E-state index in [0.717, 1.165) is 11.0 Å². The van der Waals surface area contributed by atoms with Crippen molar-refractivity contribution in [2.24, 2.45) is 0 Å². The number of aryl methyl sites for hydroxylation is 1. The zero-order valence-corrected chi connectivity index (χ0v) is 9.31. The van der Waals surface area contributed by atoms with Gasteiger partial charge in [0.2, 0.25) is 5.91 Å². The fourth-order valence-corrected chi connectivity index (χ4v) is 1.70. The summed E-state index contributed by atoms with van der Waals surface area (Å²) in [6, 6.07) is 5.89. The molecule has 0 radical (unpaired) electrons. The van der Waals surface area contributed by atoms with Crippen molar-refractivity contribution in [1.29, 1.82) is 0 Å². The van der Waals surface area contributed by atoms with Gasteiger partial charge in [0.25, 0.3) is 0 Å². The van der Waals surface area contributed by atoms with Crippen molar-refractivity contribution in [1.82, 2.24) is 0 Å². The third kappa shape index (κ3) is 2.84. The molecule has 0 aliphatic carbocycles. The number of nitrogens with one attached hydrogen (secondary N) is 1. The number of carbonyl (C=O) groups excluding carboxylic acids is 1. The maximum absolute atomic E-state index is 10.8. The Balaban J connectivity index is 2.92. The number of rotatable bonds is 2. The van der Waals surface area contributed by atoms with Gasteiger partial charge in [-0.05, 0) is 30.2 Å². The lowest BCUT2D eigenvalue weighted by molar-refractivity contribution is -0.114. The summed E-state index contributed by atoms with van der Waals surface area (Å²) in [7, 11) is 0. The molecule has 0 unspecified atom stereocenters. The Morgan fingerprint density at radius 1 is 1.54 bits per heavy atom. The number of hydrogen-bond acceptors (Lipinski definition) is 1. The highest BCUT2D eigenvalue weighted by Crippen LogP contribution is 2.17. The highest BCUT2D eigenvalue weighted by atomic mass is 79.9. The molecule has 0 heterocycles. The van der Waals surface area contributed by atoms with E-state index in [2.05, 4.69) is 21.2 Å². The van der Waals surface area contributed by atoms with Crippen molar-refractivity contribution < 1.29 is 4.79 Å². The van der Waals surface area contributed by atoms with E-state index in [1.165, 1.54) is 18.1 Å². The zero-order valence-electron chi connectivity index (χ0n) is 7.73. The lowest BCUT2D eigenvalue weighted by atomic mass is 10.1. The Kier molecular flexibility index (Phi) is 3.48. The van der Waals surface area contributed by atoms with Crippen LogP contribution in [0.4, 0.5) is 5.69 Å². The van der Waals surface area contributed by atoms with E-state index in [9.17, 15) is 4.79 Å². The Hall–Kier alpha value is -0.830. The van der Waals surface area contributed by atoms with Gasteiger partial charge in [-0.15, -0.1) is 0 Å². The number of benzene rings is 1. The molecule has 1 aromatic rings. The number of hydrogen-bond donors (Lipinski definition) is 1. The van der Waals surface area contributed by atoms with E-state index in [-0.39, 0.29) is 5.91 Å². The minimum atomic E-state index is -0.0376. The second kappa shape index (κ2) is 4.42. The summed E-state index contributed by atoms with van der Waals surface area (Å²) >= 11 is 3.40. The SMILES string of the molecule is CC(=O)Nc1ccc(C)c(CBr)c1. The largest absolute Gasteiger partial charge is 0.326 e. The van der Waals surface area contributed by atoms with Crippen LogP contribution in [-0.4, -0.2) is 5.91 Å². The van der Waals surface area contributed by atoms with Gasteiger partial charge in [0.15, 0.2) is 0 Å². The molecule has 1 amide bonds. The summed E-state index contributed by atoms with van der Waals surface area (Å²) in [5, 5.41) is 3.56. The molecule has 1 rings (SSSR count). The number of carbonyl (C=O) groups is 1. The van der Waals surface area contributed by atoms with Gasteiger partial charge in [-0.2, -0.15) is 0 Å². The summed E-state index contributed by atoms with van der Waals surface area (Å²) in [5.41, 5.74) is 3.28. The first-order chi connectivity index (χ1) is 6.13. The van der Waals surface area contributed by atoms with E-state index in [1.54, 1.807) is 0 Å². The molecule has 0 atom stereocenters. The monoisotopic (exact) mass is 241 g/mol. The van der Waals surface area contributed by atoms with Crippen LogP contribution in [0.3, 0.4) is 0 Å². The fraction of sp³-hybridized carbons (Fsp3) is 0.300. The summed E-state index contributed by atoms with van der Waals surface area (Å²) < 4.78 is 0. The minimum absolute atomic E-state index is 0.0376. The van der Waals surface area contributed by atoms with Crippen LogP contribution in [0, 0.1) is 6.92 Å². The van der Waals surface area contributed by atoms with Gasteiger partial charge in [-0.3, -0.25) is 4.79 Å². The van der Waals surface area contributed by atoms with Crippen LogP contribution in [-0.2, 0) is 10.1 Å². The minimum Gasteiger partial charge on any atom is -0.326 e. The zero-order chi connectivity index (χ0) is 9.84. The van der Waals surface area contributed by atoms with Crippen molar-refractivity contribution in [3.05, 3.63) is 29.3 Å². The van der Waals surface area contributed by atoms with E-state index < -0.39 is 0 Å². The molecule has 3 heteroatoms. The smallest absolute Gasteiger partial charge is 0.221 e. The van der Waals surface area contributed by atoms with Crippen LogP contribution < -0.4 is 5.32 Å². The topological polar surface area (TPSA) is 29.1 Å². The third-order valence-electron chi connectivity index (χ3n) is 1.81. The van der Waals surface area contributed by atoms with Crippen molar-refractivity contribution in [3.63, 3.8) is 0 Å². The summed E-state index contributed by atoms with van der Waals surface area (Å²) in [6.45, 7) is 3.56. The van der Waals surface area contributed by atoms with Crippen molar-refractivity contribution in [3.8, 4) is 0 Å². The number of halogens is 1. The molecule has 0 aliphatic heterocycles. The second-order valence-electron chi connectivity index (χ2n) is 2.96. The summed E-state index contributed by atoms with van der Waals surface area (Å²) in [6.07, 6.45) is 0. The maximum atomic E-state index is 10.8. The normalized spacial score (nSPS) is 9.77.